The van der Waals surface area contributed by atoms with Gasteiger partial charge in [-0.15, -0.1) is 11.6 Å². The van der Waals surface area contributed by atoms with Crippen LogP contribution < -0.4 is 9.64 Å². The normalized spacial score (nSPS) is 11.1. The Kier molecular flexibility index (Phi) is 6.44. The highest BCUT2D eigenvalue weighted by Crippen LogP contribution is 2.35. The van der Waals surface area contributed by atoms with E-state index >= 15 is 0 Å². The van der Waals surface area contributed by atoms with E-state index in [0.717, 1.165) is 16.8 Å². The van der Waals surface area contributed by atoms with Crippen molar-refractivity contribution in [3.8, 4) is 5.75 Å². The van der Waals surface area contributed by atoms with Gasteiger partial charge in [-0.2, -0.15) is 0 Å². The maximum atomic E-state index is 12.2. The summed E-state index contributed by atoms with van der Waals surface area (Å²) in [6.07, 6.45) is 0. The van der Waals surface area contributed by atoms with E-state index in [9.17, 15) is 14.9 Å². The molecule has 1 amide bonds. The number of benzene rings is 2. The van der Waals surface area contributed by atoms with E-state index in [1.165, 1.54) is 12.1 Å². The smallest absolute Gasteiger partial charge is 0.269 e. The third-order valence-corrected chi connectivity index (χ3v) is 4.42. The van der Waals surface area contributed by atoms with Crippen LogP contribution in [-0.2, 0) is 16.8 Å². The summed E-state index contributed by atoms with van der Waals surface area (Å²) in [5.41, 5.74) is 2.44. The van der Waals surface area contributed by atoms with Crippen LogP contribution in [-0.4, -0.2) is 23.8 Å². The quantitative estimate of drug-likeness (QED) is 0.408. The largest absolute Gasteiger partial charge is 0.489 e. The molecular formula is C20H23ClN2O4. The molecule has 0 saturated heterocycles. The Morgan fingerprint density at radius 3 is 2.33 bits per heavy atom. The van der Waals surface area contributed by atoms with Crippen LogP contribution in [0.5, 0.6) is 5.75 Å². The molecule has 27 heavy (non-hydrogen) atoms. The predicted molar refractivity (Wildman–Crippen MR) is 107 cm³/mol. The number of hydrogen-bond donors (Lipinski definition) is 0. The molecule has 0 atom stereocenters. The number of carbonyl (C=O) groups is 1. The number of nitro benzene ring substituents is 1. The zero-order chi connectivity index (χ0) is 20.2. The molecule has 0 aliphatic heterocycles. The summed E-state index contributed by atoms with van der Waals surface area (Å²) in [6, 6.07) is 11.7. The van der Waals surface area contributed by atoms with Gasteiger partial charge < -0.3 is 9.64 Å². The summed E-state index contributed by atoms with van der Waals surface area (Å²) in [5, 5.41) is 10.8. The molecular weight excluding hydrogens is 368 g/mol. The molecule has 0 bridgehead atoms. The average molecular weight is 391 g/mol. The fourth-order valence-corrected chi connectivity index (χ4v) is 2.93. The molecule has 144 valence electrons. The van der Waals surface area contributed by atoms with Crippen molar-refractivity contribution >= 4 is 28.9 Å². The van der Waals surface area contributed by atoms with Gasteiger partial charge in [0.2, 0.25) is 5.91 Å². The number of anilines is 1. The monoisotopic (exact) mass is 390 g/mol. The van der Waals surface area contributed by atoms with Crippen LogP contribution in [0, 0.1) is 10.1 Å². The molecule has 0 heterocycles. The van der Waals surface area contributed by atoms with Crippen molar-refractivity contribution < 1.29 is 14.5 Å². The summed E-state index contributed by atoms with van der Waals surface area (Å²) in [5.74, 6) is 0.196. The van der Waals surface area contributed by atoms with Crippen LogP contribution in [0.4, 0.5) is 11.4 Å². The lowest BCUT2D eigenvalue weighted by atomic mass is 9.84. The van der Waals surface area contributed by atoms with Crippen LogP contribution in [0.15, 0.2) is 42.5 Å². The van der Waals surface area contributed by atoms with Gasteiger partial charge >= 0.3 is 0 Å². The minimum absolute atomic E-state index is 0.00483. The lowest BCUT2D eigenvalue weighted by Crippen LogP contribution is -2.31. The number of alkyl halides is 1. The minimum atomic E-state index is -0.457. The lowest BCUT2D eigenvalue weighted by Gasteiger charge is -2.29. The van der Waals surface area contributed by atoms with Crippen molar-refractivity contribution in [3.63, 3.8) is 0 Å². The van der Waals surface area contributed by atoms with Crippen LogP contribution in [0.25, 0.3) is 0 Å². The van der Waals surface area contributed by atoms with Crippen LogP contribution >= 0.6 is 11.6 Å². The Morgan fingerprint density at radius 2 is 1.81 bits per heavy atom. The molecule has 0 fully saturated rings. The molecule has 0 radical (unpaired) electrons. The molecule has 7 heteroatoms. The van der Waals surface area contributed by atoms with Crippen molar-refractivity contribution in [1.29, 1.82) is 0 Å². The average Bonchev–Trinajstić information content (AvgIpc) is 2.64. The first-order chi connectivity index (χ1) is 12.6. The maximum absolute atomic E-state index is 12.2. The number of nitro groups is 1. The Bertz CT molecular complexity index is 829. The van der Waals surface area contributed by atoms with E-state index in [1.807, 2.05) is 18.2 Å². The summed E-state index contributed by atoms with van der Waals surface area (Å²) >= 11 is 5.75. The third-order valence-electron chi connectivity index (χ3n) is 4.19. The maximum Gasteiger partial charge on any atom is 0.269 e. The van der Waals surface area contributed by atoms with E-state index in [1.54, 1.807) is 24.1 Å². The van der Waals surface area contributed by atoms with Gasteiger partial charge in [-0.3, -0.25) is 14.9 Å². The van der Waals surface area contributed by atoms with Gasteiger partial charge in [-0.05, 0) is 23.1 Å². The van der Waals surface area contributed by atoms with Gasteiger partial charge in [0.25, 0.3) is 5.69 Å². The van der Waals surface area contributed by atoms with E-state index in [2.05, 4.69) is 20.8 Å². The molecule has 0 aliphatic carbocycles. The van der Waals surface area contributed by atoms with Gasteiger partial charge in [-0.1, -0.05) is 39.0 Å². The van der Waals surface area contributed by atoms with Crippen molar-refractivity contribution in [2.45, 2.75) is 32.8 Å². The van der Waals surface area contributed by atoms with Crippen LogP contribution in [0.1, 0.15) is 31.9 Å². The molecule has 6 nitrogen and oxygen atoms in total. The first kappa shape index (κ1) is 20.7. The second-order valence-electron chi connectivity index (χ2n) is 7.19. The lowest BCUT2D eigenvalue weighted by molar-refractivity contribution is -0.384. The Labute approximate surface area is 163 Å². The van der Waals surface area contributed by atoms with Gasteiger partial charge in [0, 0.05) is 24.7 Å². The van der Waals surface area contributed by atoms with Gasteiger partial charge in [-0.25, -0.2) is 0 Å². The molecule has 0 aliphatic rings. The first-order valence-corrected chi connectivity index (χ1v) is 9.00. The molecule has 0 N–H and O–H groups in total. The zero-order valence-corrected chi connectivity index (χ0v) is 16.6. The number of para-hydroxylation sites is 1. The number of nitrogens with zero attached hydrogens (tertiary/aromatic N) is 2. The molecule has 2 aromatic rings. The van der Waals surface area contributed by atoms with Gasteiger partial charge in [0.1, 0.15) is 18.2 Å². The Balaban J connectivity index is 2.35. The summed E-state index contributed by atoms with van der Waals surface area (Å²) in [6.45, 7) is 6.44. The highest BCUT2D eigenvalue weighted by molar-refractivity contribution is 6.29. The van der Waals surface area contributed by atoms with Crippen molar-refractivity contribution in [1.82, 2.24) is 0 Å². The second kappa shape index (κ2) is 8.39. The van der Waals surface area contributed by atoms with E-state index < -0.39 is 4.92 Å². The topological polar surface area (TPSA) is 72.7 Å². The minimum Gasteiger partial charge on any atom is -0.489 e. The molecule has 0 aromatic heterocycles. The number of halogens is 1. The van der Waals surface area contributed by atoms with Crippen LogP contribution in [0.2, 0.25) is 0 Å². The number of rotatable bonds is 6. The van der Waals surface area contributed by atoms with E-state index in [0.29, 0.717) is 5.75 Å². The van der Waals surface area contributed by atoms with Crippen LogP contribution in [0.3, 0.4) is 0 Å². The van der Waals surface area contributed by atoms with Gasteiger partial charge in [0.15, 0.2) is 0 Å². The number of amides is 1. The zero-order valence-electron chi connectivity index (χ0n) is 15.9. The second-order valence-corrected chi connectivity index (χ2v) is 7.46. The number of non-ortho nitro benzene ring substituents is 1. The highest BCUT2D eigenvalue weighted by Gasteiger charge is 2.25. The summed E-state index contributed by atoms with van der Waals surface area (Å²) in [7, 11) is 1.70. The molecule has 0 saturated carbocycles. The summed E-state index contributed by atoms with van der Waals surface area (Å²) < 4.78 is 5.81. The number of carbonyl (C=O) groups excluding carboxylic acids is 1. The third kappa shape index (κ3) is 4.98. The first-order valence-electron chi connectivity index (χ1n) is 8.47. The molecule has 2 aromatic carbocycles. The molecule has 0 unspecified atom stereocenters. The number of ether oxygens (including phenoxy) is 1. The van der Waals surface area contributed by atoms with Crippen molar-refractivity contribution in [3.05, 3.63) is 63.7 Å². The SMILES string of the molecule is CN(C(=O)CCl)c1c(COc2ccc([N+](=O)[O-])cc2)cccc1C(C)(C)C. The van der Waals surface area contributed by atoms with Gasteiger partial charge in [0.05, 0.1) is 10.6 Å². The molecule has 2 rings (SSSR count). The highest BCUT2D eigenvalue weighted by atomic mass is 35.5. The standard InChI is InChI=1S/C20H23ClN2O4/c1-20(2,3)17-7-5-6-14(19(17)22(4)18(24)12-21)13-27-16-10-8-15(9-11-16)23(25)26/h5-11H,12-13H2,1-4H3. The fourth-order valence-electron chi connectivity index (χ4n) is 2.75. The van der Waals surface area contributed by atoms with Crippen molar-refractivity contribution in [2.75, 3.05) is 17.8 Å². The number of hydrogen-bond acceptors (Lipinski definition) is 4. The van der Waals surface area contributed by atoms with Crippen molar-refractivity contribution in [2.24, 2.45) is 0 Å². The Hall–Kier alpha value is -2.60. The predicted octanol–water partition coefficient (Wildman–Crippen LogP) is 4.67. The molecule has 0 spiro atoms. The summed E-state index contributed by atoms with van der Waals surface area (Å²) in [4.78, 5) is 24.1. The van der Waals surface area contributed by atoms with E-state index in [4.69, 9.17) is 16.3 Å². The fraction of sp³-hybridized carbons (Fsp3) is 0.350. The van der Waals surface area contributed by atoms with E-state index in [-0.39, 0.29) is 29.5 Å². The Morgan fingerprint density at radius 1 is 1.19 bits per heavy atom.